The zero-order chi connectivity index (χ0) is 27.5. The monoisotopic (exact) mass is 547 g/mol. The molecular weight excluding hydrogens is 532 g/mol. The molecule has 3 rings (SSSR count). The molecule has 0 atom stereocenters. The highest BCUT2D eigenvalue weighted by atomic mass is 35.5. The summed E-state index contributed by atoms with van der Waals surface area (Å²) in [4.78, 5) is 30.0. The van der Waals surface area contributed by atoms with Crippen LogP contribution in [0.4, 0.5) is 32.0 Å². The summed E-state index contributed by atoms with van der Waals surface area (Å²) in [7, 11) is 3.02. The number of carbonyl (C=O) groups is 2. The van der Waals surface area contributed by atoms with Crippen molar-refractivity contribution in [1.82, 2.24) is 9.88 Å². The number of nitrogens with one attached hydrogen (secondary N) is 1. The Morgan fingerprint density at radius 3 is 2.30 bits per heavy atom. The van der Waals surface area contributed by atoms with Crippen molar-refractivity contribution in [3.8, 4) is 17.4 Å². The van der Waals surface area contributed by atoms with Crippen LogP contribution in [0, 0.1) is 0 Å². The molecule has 2 aromatic carbocycles. The fraction of sp³-hybridized carbons (Fsp3) is 0.174. The van der Waals surface area contributed by atoms with Crippen molar-refractivity contribution in [3.05, 3.63) is 76.4 Å². The molecule has 0 unspecified atom stereocenters. The lowest BCUT2D eigenvalue weighted by atomic mass is 10.1. The second kappa shape index (κ2) is 10.5. The molecule has 0 bridgehead atoms. The Morgan fingerprint density at radius 1 is 1.00 bits per heavy atom. The van der Waals surface area contributed by atoms with E-state index >= 15 is 0 Å². The van der Waals surface area contributed by atoms with Gasteiger partial charge in [0.25, 0.3) is 11.8 Å². The third kappa shape index (κ3) is 7.26. The number of halogens is 7. The lowest BCUT2D eigenvalue weighted by Crippen LogP contribution is -2.22. The van der Waals surface area contributed by atoms with E-state index in [2.05, 4.69) is 15.0 Å². The van der Waals surface area contributed by atoms with Crippen LogP contribution in [0.5, 0.6) is 17.4 Å². The molecule has 37 heavy (non-hydrogen) atoms. The quantitative estimate of drug-likeness (QED) is 0.361. The van der Waals surface area contributed by atoms with Crippen LogP contribution in [-0.2, 0) is 6.18 Å². The molecule has 0 aliphatic rings. The molecular formula is C23H16ClF6N3O4. The Kier molecular flexibility index (Phi) is 7.86. The van der Waals surface area contributed by atoms with Crippen molar-refractivity contribution < 1.29 is 45.4 Å². The molecule has 0 saturated carbocycles. The second-order valence-corrected chi connectivity index (χ2v) is 7.96. The summed E-state index contributed by atoms with van der Waals surface area (Å²) >= 11 is 5.93. The van der Waals surface area contributed by atoms with E-state index in [1.165, 1.54) is 43.3 Å². The largest absolute Gasteiger partial charge is 0.573 e. The fourth-order valence-electron chi connectivity index (χ4n) is 2.90. The summed E-state index contributed by atoms with van der Waals surface area (Å²) in [5, 5.41) is 1.97. The number of ether oxygens (including phenoxy) is 2. The van der Waals surface area contributed by atoms with Crippen molar-refractivity contribution in [1.29, 1.82) is 0 Å². The molecule has 196 valence electrons. The van der Waals surface area contributed by atoms with Gasteiger partial charge in [0.15, 0.2) is 0 Å². The van der Waals surface area contributed by atoms with Gasteiger partial charge in [-0.15, -0.1) is 13.2 Å². The molecule has 0 aliphatic carbocycles. The Morgan fingerprint density at radius 2 is 1.70 bits per heavy atom. The average Bonchev–Trinajstić information content (AvgIpc) is 2.78. The van der Waals surface area contributed by atoms with Gasteiger partial charge in [0, 0.05) is 37.6 Å². The molecule has 7 nitrogen and oxygen atoms in total. The predicted octanol–water partition coefficient (Wildman–Crippen LogP) is 6.40. The summed E-state index contributed by atoms with van der Waals surface area (Å²) in [6.07, 6.45) is -9.43. The van der Waals surface area contributed by atoms with Crippen LogP contribution in [0.2, 0.25) is 5.02 Å². The number of nitrogens with zero attached hydrogens (tertiary/aromatic N) is 2. The van der Waals surface area contributed by atoms with Gasteiger partial charge in [-0.25, -0.2) is 4.98 Å². The van der Waals surface area contributed by atoms with E-state index in [1.54, 1.807) is 0 Å². The van der Waals surface area contributed by atoms with E-state index in [9.17, 15) is 35.9 Å². The van der Waals surface area contributed by atoms with Gasteiger partial charge in [-0.1, -0.05) is 17.7 Å². The highest BCUT2D eigenvalue weighted by Gasteiger charge is 2.34. The number of hydrogen-bond acceptors (Lipinski definition) is 5. The number of benzene rings is 2. The van der Waals surface area contributed by atoms with E-state index < -0.39 is 46.2 Å². The van der Waals surface area contributed by atoms with Crippen molar-refractivity contribution in [2.75, 3.05) is 19.4 Å². The van der Waals surface area contributed by atoms with Gasteiger partial charge in [0.2, 0.25) is 5.88 Å². The van der Waals surface area contributed by atoms with Crippen LogP contribution < -0.4 is 14.8 Å². The number of amides is 2. The summed E-state index contributed by atoms with van der Waals surface area (Å²) < 4.78 is 86.3. The number of carbonyl (C=O) groups excluding carboxylic acids is 2. The van der Waals surface area contributed by atoms with Gasteiger partial charge in [-0.2, -0.15) is 13.2 Å². The minimum absolute atomic E-state index is 0.0905. The van der Waals surface area contributed by atoms with Crippen molar-refractivity contribution in [2.45, 2.75) is 12.5 Å². The maximum atomic E-state index is 13.3. The minimum atomic E-state index is -4.99. The molecule has 0 aliphatic heterocycles. The number of aromatic nitrogens is 1. The maximum Gasteiger partial charge on any atom is 0.573 e. The van der Waals surface area contributed by atoms with Gasteiger partial charge in [0.05, 0.1) is 10.6 Å². The van der Waals surface area contributed by atoms with Crippen LogP contribution in [0.1, 0.15) is 26.3 Å². The molecule has 1 N–H and O–H groups in total. The van der Waals surface area contributed by atoms with Gasteiger partial charge in [0.1, 0.15) is 17.1 Å². The minimum Gasteiger partial charge on any atom is -0.437 e. The standard InChI is InChI=1S/C23H16ClF6N3O4/c1-33(2)21(35)12-4-3-5-14(8-12)32-19(34)16-9-13(22(25,26)27)11-31-20(16)36-18-7-6-15(10-17(18)24)37-23(28,29)30/h3-11H,1-2H3,(H,32,34). The van der Waals surface area contributed by atoms with Crippen LogP contribution in [0.3, 0.4) is 0 Å². The normalized spacial score (nSPS) is 11.6. The SMILES string of the molecule is CN(C)C(=O)c1cccc(NC(=O)c2cc(C(F)(F)F)cnc2Oc2ccc(OC(F)(F)F)cc2Cl)c1. The van der Waals surface area contributed by atoms with Gasteiger partial charge < -0.3 is 19.7 Å². The third-order valence-electron chi connectivity index (χ3n) is 4.54. The second-order valence-electron chi connectivity index (χ2n) is 7.55. The lowest BCUT2D eigenvalue weighted by Gasteiger charge is -2.15. The third-order valence-corrected chi connectivity index (χ3v) is 4.84. The Bertz CT molecular complexity index is 1330. The molecule has 1 aromatic heterocycles. The summed E-state index contributed by atoms with van der Waals surface area (Å²) in [6, 6.07) is 8.72. The van der Waals surface area contributed by atoms with Crippen molar-refractivity contribution in [3.63, 3.8) is 0 Å². The predicted molar refractivity (Wildman–Crippen MR) is 120 cm³/mol. The van der Waals surface area contributed by atoms with Crippen LogP contribution >= 0.6 is 11.6 Å². The number of pyridine rings is 1. The number of hydrogen-bond donors (Lipinski definition) is 1. The number of rotatable bonds is 6. The smallest absolute Gasteiger partial charge is 0.437 e. The van der Waals surface area contributed by atoms with Crippen LogP contribution in [0.15, 0.2) is 54.7 Å². The zero-order valence-electron chi connectivity index (χ0n) is 18.9. The molecule has 0 spiro atoms. The molecule has 14 heteroatoms. The topological polar surface area (TPSA) is 80.8 Å². The van der Waals surface area contributed by atoms with E-state index in [0.717, 1.165) is 18.2 Å². The molecule has 2 amide bonds. The summed E-state index contributed by atoms with van der Waals surface area (Å²) in [5.74, 6) is -3.05. The maximum absolute atomic E-state index is 13.3. The van der Waals surface area contributed by atoms with E-state index in [-0.39, 0.29) is 22.9 Å². The molecule has 1 heterocycles. The highest BCUT2D eigenvalue weighted by molar-refractivity contribution is 6.32. The number of anilines is 1. The first kappa shape index (κ1) is 27.6. The molecule has 0 radical (unpaired) electrons. The Hall–Kier alpha value is -4.00. The Labute approximate surface area is 210 Å². The number of alkyl halides is 6. The van der Waals surface area contributed by atoms with Crippen LogP contribution in [0.25, 0.3) is 0 Å². The Balaban J connectivity index is 1.95. The molecule has 0 fully saturated rings. The van der Waals surface area contributed by atoms with Gasteiger partial charge >= 0.3 is 12.5 Å². The van der Waals surface area contributed by atoms with E-state index in [1.807, 2.05) is 0 Å². The summed E-state index contributed by atoms with van der Waals surface area (Å²) in [6.45, 7) is 0. The van der Waals surface area contributed by atoms with Crippen LogP contribution in [-0.4, -0.2) is 42.2 Å². The first-order chi connectivity index (χ1) is 17.1. The zero-order valence-corrected chi connectivity index (χ0v) is 19.6. The van der Waals surface area contributed by atoms with E-state index in [0.29, 0.717) is 12.3 Å². The molecule has 3 aromatic rings. The van der Waals surface area contributed by atoms with Gasteiger partial charge in [-0.05, 0) is 36.4 Å². The average molecular weight is 548 g/mol. The fourth-order valence-corrected chi connectivity index (χ4v) is 3.11. The lowest BCUT2D eigenvalue weighted by molar-refractivity contribution is -0.274. The highest BCUT2D eigenvalue weighted by Crippen LogP contribution is 2.37. The summed E-state index contributed by atoms with van der Waals surface area (Å²) in [5.41, 5.74) is -1.63. The van der Waals surface area contributed by atoms with Gasteiger partial charge in [-0.3, -0.25) is 9.59 Å². The van der Waals surface area contributed by atoms with E-state index in [4.69, 9.17) is 16.3 Å². The first-order valence-corrected chi connectivity index (χ1v) is 10.5. The first-order valence-electron chi connectivity index (χ1n) is 10.1. The molecule has 0 saturated heterocycles. The van der Waals surface area contributed by atoms with Crippen molar-refractivity contribution in [2.24, 2.45) is 0 Å². The van der Waals surface area contributed by atoms with Crippen molar-refractivity contribution >= 4 is 29.1 Å².